The van der Waals surface area contributed by atoms with E-state index in [1.54, 1.807) is 11.6 Å². The van der Waals surface area contributed by atoms with Crippen LogP contribution in [0.3, 0.4) is 0 Å². The predicted octanol–water partition coefficient (Wildman–Crippen LogP) is 1.38. The molecule has 0 aliphatic carbocycles. The van der Waals surface area contributed by atoms with Gasteiger partial charge in [-0.1, -0.05) is 23.8 Å². The quantitative estimate of drug-likeness (QED) is 0.700. The van der Waals surface area contributed by atoms with Crippen LogP contribution in [0.15, 0.2) is 18.2 Å². The van der Waals surface area contributed by atoms with E-state index in [9.17, 15) is 13.2 Å². The molecule has 1 amide bonds. The van der Waals surface area contributed by atoms with Crippen molar-refractivity contribution in [3.63, 3.8) is 0 Å². The largest absolute Gasteiger partial charge is 0.449 e. The number of nitrogens with two attached hydrogens (primary N) is 1. The summed E-state index contributed by atoms with van der Waals surface area (Å²) in [4.78, 5) is 11.2. The Hall–Kier alpha value is -1.58. The normalized spacial score (nSPS) is 10.7. The van der Waals surface area contributed by atoms with E-state index in [0.29, 0.717) is 5.56 Å². The van der Waals surface area contributed by atoms with E-state index < -0.39 is 16.3 Å². The molecular weight excluding hydrogens is 326 g/mol. The number of benzene rings is 1. The van der Waals surface area contributed by atoms with Gasteiger partial charge in [-0.05, 0) is 25.1 Å². The Morgan fingerprint density at radius 1 is 1.50 bits per heavy atom. The topological polar surface area (TPSA) is 111 Å². The molecule has 20 heavy (non-hydrogen) atoms. The Balaban J connectivity index is 2.87. The second kappa shape index (κ2) is 6.73. The molecule has 0 radical (unpaired) electrons. The van der Waals surface area contributed by atoms with Gasteiger partial charge in [0.15, 0.2) is 0 Å². The molecule has 0 aliphatic rings. The Bertz CT molecular complexity index is 633. The van der Waals surface area contributed by atoms with Crippen molar-refractivity contribution >= 4 is 50.8 Å². The van der Waals surface area contributed by atoms with Gasteiger partial charge in [0.25, 0.3) is 0 Å². The standard InChI is InChI=1S/C10H12ClN3O4S2/c1-2-18-10(15)14-20(16,17)13-8-4-3-6(9(12)19)5-7(8)11/h3-5,13H,2H2,1H3,(H2,12,19)(H,14,15). The van der Waals surface area contributed by atoms with Crippen LogP contribution >= 0.6 is 23.8 Å². The molecule has 0 saturated heterocycles. The molecule has 0 spiro atoms. The maximum atomic E-state index is 11.6. The first-order chi connectivity index (χ1) is 9.25. The van der Waals surface area contributed by atoms with Crippen molar-refractivity contribution in [3.05, 3.63) is 28.8 Å². The lowest BCUT2D eigenvalue weighted by Crippen LogP contribution is -2.35. The third-order valence-electron chi connectivity index (χ3n) is 1.99. The van der Waals surface area contributed by atoms with Gasteiger partial charge in [0.2, 0.25) is 0 Å². The molecule has 0 atom stereocenters. The van der Waals surface area contributed by atoms with E-state index in [1.165, 1.54) is 18.2 Å². The van der Waals surface area contributed by atoms with E-state index in [2.05, 4.69) is 9.46 Å². The maximum Gasteiger partial charge on any atom is 0.422 e. The summed E-state index contributed by atoms with van der Waals surface area (Å²) in [5, 5.41) is 0.0875. The third-order valence-corrected chi connectivity index (χ3v) is 3.46. The molecule has 1 rings (SSSR count). The van der Waals surface area contributed by atoms with Gasteiger partial charge in [-0.15, -0.1) is 0 Å². The molecular formula is C10H12ClN3O4S2. The summed E-state index contributed by atoms with van der Waals surface area (Å²) in [5.74, 6) is 0. The van der Waals surface area contributed by atoms with Crippen LogP contribution in [0.4, 0.5) is 10.5 Å². The monoisotopic (exact) mass is 337 g/mol. The van der Waals surface area contributed by atoms with Crippen molar-refractivity contribution in [2.24, 2.45) is 5.73 Å². The number of halogens is 1. The second-order valence-electron chi connectivity index (χ2n) is 3.49. The minimum absolute atomic E-state index is 0.0464. The van der Waals surface area contributed by atoms with Crippen molar-refractivity contribution in [1.82, 2.24) is 4.72 Å². The van der Waals surface area contributed by atoms with E-state index in [-0.39, 0.29) is 22.3 Å². The number of carbonyl (C=O) groups is 1. The maximum absolute atomic E-state index is 11.6. The first kappa shape index (κ1) is 16.5. The van der Waals surface area contributed by atoms with Crippen molar-refractivity contribution in [1.29, 1.82) is 0 Å². The first-order valence-electron chi connectivity index (χ1n) is 5.32. The molecule has 110 valence electrons. The molecule has 1 aromatic rings. The average molecular weight is 338 g/mol. The predicted molar refractivity (Wildman–Crippen MR) is 80.0 cm³/mol. The molecule has 1 aromatic carbocycles. The summed E-state index contributed by atoms with van der Waals surface area (Å²) in [7, 11) is -4.13. The average Bonchev–Trinajstić information content (AvgIpc) is 2.30. The fourth-order valence-corrected chi connectivity index (χ4v) is 2.40. The summed E-state index contributed by atoms with van der Waals surface area (Å²) in [6.07, 6.45) is -1.09. The van der Waals surface area contributed by atoms with Gasteiger partial charge in [-0.2, -0.15) is 8.42 Å². The Kier molecular flexibility index (Phi) is 5.54. The lowest BCUT2D eigenvalue weighted by molar-refractivity contribution is 0.159. The number of amides is 1. The smallest absolute Gasteiger partial charge is 0.422 e. The van der Waals surface area contributed by atoms with E-state index in [4.69, 9.17) is 29.6 Å². The van der Waals surface area contributed by atoms with Crippen molar-refractivity contribution < 1.29 is 17.9 Å². The van der Waals surface area contributed by atoms with Gasteiger partial charge in [0, 0.05) is 5.56 Å². The van der Waals surface area contributed by atoms with Crippen LogP contribution < -0.4 is 15.2 Å². The molecule has 0 aliphatic heterocycles. The molecule has 0 fully saturated rings. The summed E-state index contributed by atoms with van der Waals surface area (Å²) < 4.78 is 31.5. The highest BCUT2D eigenvalue weighted by Gasteiger charge is 2.16. The minimum Gasteiger partial charge on any atom is -0.449 e. The summed E-state index contributed by atoms with van der Waals surface area (Å²) in [6, 6.07) is 4.28. The minimum atomic E-state index is -4.13. The lowest BCUT2D eigenvalue weighted by Gasteiger charge is -2.11. The molecule has 0 bridgehead atoms. The van der Waals surface area contributed by atoms with Crippen LogP contribution in [0.5, 0.6) is 0 Å². The van der Waals surface area contributed by atoms with Gasteiger partial charge in [0.05, 0.1) is 17.3 Å². The SMILES string of the molecule is CCOC(=O)NS(=O)(=O)Nc1ccc(C(N)=S)cc1Cl. The number of carbonyl (C=O) groups excluding carboxylic acids is 1. The van der Waals surface area contributed by atoms with Crippen LogP contribution in [0.1, 0.15) is 12.5 Å². The second-order valence-corrected chi connectivity index (χ2v) is 5.75. The van der Waals surface area contributed by atoms with Crippen LogP contribution in [0.25, 0.3) is 0 Å². The molecule has 4 N–H and O–H groups in total. The van der Waals surface area contributed by atoms with Gasteiger partial charge < -0.3 is 10.5 Å². The van der Waals surface area contributed by atoms with Crippen molar-refractivity contribution in [3.8, 4) is 0 Å². The first-order valence-corrected chi connectivity index (χ1v) is 7.58. The number of rotatable bonds is 5. The van der Waals surface area contributed by atoms with Crippen molar-refractivity contribution in [2.75, 3.05) is 11.3 Å². The molecule has 10 heteroatoms. The fraction of sp³-hybridized carbons (Fsp3) is 0.200. The van der Waals surface area contributed by atoms with E-state index in [0.717, 1.165) is 0 Å². The molecule has 0 unspecified atom stereocenters. The molecule has 7 nitrogen and oxygen atoms in total. The number of hydrogen-bond acceptors (Lipinski definition) is 5. The molecule has 0 heterocycles. The van der Waals surface area contributed by atoms with Gasteiger partial charge in [0.1, 0.15) is 4.99 Å². The lowest BCUT2D eigenvalue weighted by atomic mass is 10.2. The highest BCUT2D eigenvalue weighted by Crippen LogP contribution is 2.23. The highest BCUT2D eigenvalue weighted by atomic mass is 35.5. The number of thiocarbonyl (C=S) groups is 1. The van der Waals surface area contributed by atoms with E-state index in [1.807, 2.05) is 0 Å². The summed E-state index contributed by atoms with van der Waals surface area (Å²) in [6.45, 7) is 1.59. The Morgan fingerprint density at radius 3 is 2.65 bits per heavy atom. The van der Waals surface area contributed by atoms with Gasteiger partial charge in [-0.3, -0.25) is 4.72 Å². The summed E-state index contributed by atoms with van der Waals surface area (Å²) >= 11 is 10.7. The third kappa shape index (κ3) is 4.83. The van der Waals surface area contributed by atoms with Crippen molar-refractivity contribution in [2.45, 2.75) is 6.92 Å². The molecule has 0 aromatic heterocycles. The van der Waals surface area contributed by atoms with E-state index >= 15 is 0 Å². The zero-order chi connectivity index (χ0) is 15.3. The van der Waals surface area contributed by atoms with Crippen LogP contribution in [-0.2, 0) is 14.9 Å². The van der Waals surface area contributed by atoms with Crippen LogP contribution in [-0.4, -0.2) is 26.1 Å². The Morgan fingerprint density at radius 2 is 2.15 bits per heavy atom. The number of anilines is 1. The number of hydrogen-bond donors (Lipinski definition) is 3. The number of nitrogens with one attached hydrogen (secondary N) is 2. The van der Waals surface area contributed by atoms with Crippen LogP contribution in [0.2, 0.25) is 5.02 Å². The van der Waals surface area contributed by atoms with Gasteiger partial charge in [-0.25, -0.2) is 9.52 Å². The zero-order valence-electron chi connectivity index (χ0n) is 10.3. The summed E-state index contributed by atoms with van der Waals surface area (Å²) in [5.41, 5.74) is 5.98. The zero-order valence-corrected chi connectivity index (χ0v) is 12.7. The fourth-order valence-electron chi connectivity index (χ4n) is 1.19. The highest BCUT2D eigenvalue weighted by molar-refractivity contribution is 7.91. The van der Waals surface area contributed by atoms with Gasteiger partial charge >= 0.3 is 16.3 Å². The Labute approximate surface area is 126 Å². The number of ether oxygens (including phenoxy) is 1. The van der Waals surface area contributed by atoms with Crippen LogP contribution in [0, 0.1) is 0 Å². The molecule has 0 saturated carbocycles.